The zero-order chi connectivity index (χ0) is 21.2. The summed E-state index contributed by atoms with van der Waals surface area (Å²) in [5.41, 5.74) is 1.85. The Kier molecular flexibility index (Phi) is 6.55. The molecule has 0 aliphatic carbocycles. The van der Waals surface area contributed by atoms with Gasteiger partial charge in [-0.25, -0.2) is 0 Å². The van der Waals surface area contributed by atoms with Crippen LogP contribution in [-0.2, 0) is 10.4 Å². The Morgan fingerprint density at radius 3 is 2.66 bits per heavy atom. The third kappa shape index (κ3) is 5.12. The number of nitrogens with zero attached hydrogens (tertiary/aromatic N) is 2. The highest BCUT2D eigenvalue weighted by Crippen LogP contribution is 2.42. The fraction of sp³-hybridized carbons (Fsp3) is 0.450. The maximum absolute atomic E-state index is 11.2. The summed E-state index contributed by atoms with van der Waals surface area (Å²) in [6, 6.07) is 7.96. The van der Waals surface area contributed by atoms with Crippen molar-refractivity contribution in [3.63, 3.8) is 0 Å². The zero-order valence-corrected chi connectivity index (χ0v) is 17.0. The molecule has 3 fully saturated rings. The molecule has 3 aliphatic heterocycles. The minimum Gasteiger partial charge on any atom is -0.497 e. The molecular formula is C20H26N2O6S. The molecular weight excluding hydrogens is 396 g/mol. The summed E-state index contributed by atoms with van der Waals surface area (Å²) in [5.74, 6) is 2.01. The van der Waals surface area contributed by atoms with E-state index < -0.39 is 16.5 Å². The Morgan fingerprint density at radius 2 is 2.07 bits per heavy atom. The number of benzene rings is 1. The first-order chi connectivity index (χ1) is 13.7. The number of ether oxygens (including phenoxy) is 1. The van der Waals surface area contributed by atoms with Crippen molar-refractivity contribution in [2.45, 2.75) is 25.0 Å². The first-order valence-electron chi connectivity index (χ1n) is 9.38. The van der Waals surface area contributed by atoms with Crippen molar-refractivity contribution in [3.05, 3.63) is 48.7 Å². The van der Waals surface area contributed by atoms with Gasteiger partial charge in [0, 0.05) is 24.2 Å². The molecule has 2 aromatic rings. The molecule has 1 aromatic heterocycles. The summed E-state index contributed by atoms with van der Waals surface area (Å²) in [6.45, 7) is 6.07. The van der Waals surface area contributed by atoms with Gasteiger partial charge in [0.1, 0.15) is 5.75 Å². The lowest BCUT2D eigenvalue weighted by Crippen LogP contribution is -2.54. The van der Waals surface area contributed by atoms with Gasteiger partial charge in [0.25, 0.3) is 0 Å². The minimum atomic E-state index is -4.67. The molecule has 0 radical (unpaired) electrons. The highest BCUT2D eigenvalue weighted by atomic mass is 32.3. The number of hydrogen-bond acceptors (Lipinski definition) is 6. The molecule has 0 saturated carbocycles. The first-order valence-corrected chi connectivity index (χ1v) is 10.8. The number of rotatable bonds is 4. The molecule has 3 saturated heterocycles. The van der Waals surface area contributed by atoms with Crippen LogP contribution in [0, 0.1) is 11.8 Å². The number of piperidine rings is 3. The molecule has 1 unspecified atom stereocenters. The number of pyridine rings is 1. The van der Waals surface area contributed by atoms with Gasteiger partial charge in [0.05, 0.1) is 18.7 Å². The number of hydrogen-bond donors (Lipinski definition) is 3. The van der Waals surface area contributed by atoms with Gasteiger partial charge >= 0.3 is 10.4 Å². The molecule has 9 heteroatoms. The van der Waals surface area contributed by atoms with Crippen LogP contribution in [0.5, 0.6) is 5.75 Å². The van der Waals surface area contributed by atoms with Crippen LogP contribution in [0.25, 0.3) is 10.9 Å². The third-order valence-corrected chi connectivity index (χ3v) is 5.82. The van der Waals surface area contributed by atoms with E-state index in [-0.39, 0.29) is 6.04 Å². The number of fused-ring (bicyclic) bond motifs is 4. The molecule has 2 bridgehead atoms. The largest absolute Gasteiger partial charge is 0.497 e. The molecule has 1 aromatic carbocycles. The second-order valence-corrected chi connectivity index (χ2v) is 8.32. The van der Waals surface area contributed by atoms with E-state index in [4.69, 9.17) is 22.3 Å². The van der Waals surface area contributed by atoms with Crippen LogP contribution in [0.3, 0.4) is 0 Å². The van der Waals surface area contributed by atoms with Crippen LogP contribution in [-0.4, -0.2) is 58.8 Å². The molecule has 3 N–H and O–H groups in total. The normalized spacial score (nSPS) is 27.0. The molecule has 5 atom stereocenters. The molecule has 8 nitrogen and oxygen atoms in total. The van der Waals surface area contributed by atoms with Gasteiger partial charge in [0.15, 0.2) is 0 Å². The predicted molar refractivity (Wildman–Crippen MR) is 109 cm³/mol. The van der Waals surface area contributed by atoms with Crippen LogP contribution in [0.2, 0.25) is 0 Å². The van der Waals surface area contributed by atoms with Crippen molar-refractivity contribution in [2.24, 2.45) is 11.8 Å². The minimum absolute atomic E-state index is 0.178. The van der Waals surface area contributed by atoms with Gasteiger partial charge < -0.3 is 9.84 Å². The zero-order valence-electron chi connectivity index (χ0n) is 16.2. The van der Waals surface area contributed by atoms with E-state index in [0.717, 1.165) is 41.7 Å². The summed E-state index contributed by atoms with van der Waals surface area (Å²) in [4.78, 5) is 6.86. The maximum atomic E-state index is 11.2. The smallest absolute Gasteiger partial charge is 0.394 e. The van der Waals surface area contributed by atoms with Crippen molar-refractivity contribution < 1.29 is 27.4 Å². The summed E-state index contributed by atoms with van der Waals surface area (Å²) < 4.78 is 36.9. The lowest BCUT2D eigenvalue weighted by atomic mass is 9.73. The van der Waals surface area contributed by atoms with Gasteiger partial charge in [-0.2, -0.15) is 8.42 Å². The molecule has 0 spiro atoms. The second-order valence-electron chi connectivity index (χ2n) is 7.42. The summed E-state index contributed by atoms with van der Waals surface area (Å²) in [7, 11) is -3.01. The third-order valence-electron chi connectivity index (χ3n) is 5.82. The highest BCUT2D eigenvalue weighted by Gasteiger charge is 2.42. The van der Waals surface area contributed by atoms with Crippen LogP contribution >= 0.6 is 0 Å². The van der Waals surface area contributed by atoms with Crippen LogP contribution in [0.15, 0.2) is 43.1 Å². The van der Waals surface area contributed by atoms with Gasteiger partial charge in [-0.3, -0.25) is 19.0 Å². The fourth-order valence-corrected chi connectivity index (χ4v) is 4.44. The quantitative estimate of drug-likeness (QED) is 0.508. The van der Waals surface area contributed by atoms with Gasteiger partial charge in [-0.05, 0) is 61.1 Å². The number of aliphatic hydroxyl groups is 1. The SMILES string of the molecule is C=C[C@H]1CN2CC[C@@H]1C[C@@H]2[C@H](O)c1ccnc2ccc(OC)cc12.O=S(=O)(O)O. The lowest BCUT2D eigenvalue weighted by molar-refractivity contribution is -0.0444. The number of aliphatic hydroxyl groups excluding tert-OH is 1. The summed E-state index contributed by atoms with van der Waals surface area (Å²) >= 11 is 0. The van der Waals surface area contributed by atoms with Crippen LogP contribution < -0.4 is 4.74 Å². The Balaban J connectivity index is 0.000000431. The number of aromatic nitrogens is 1. The molecule has 0 amide bonds. The van der Waals surface area contributed by atoms with Gasteiger partial charge in [-0.1, -0.05) is 6.08 Å². The summed E-state index contributed by atoms with van der Waals surface area (Å²) in [6.07, 6.45) is 5.62. The average molecular weight is 423 g/mol. The monoisotopic (exact) mass is 422 g/mol. The van der Waals surface area contributed by atoms with E-state index in [1.165, 1.54) is 6.42 Å². The average Bonchev–Trinajstić information content (AvgIpc) is 2.71. The Labute approximate surface area is 170 Å². The second kappa shape index (κ2) is 8.76. The topological polar surface area (TPSA) is 120 Å². The van der Waals surface area contributed by atoms with E-state index in [0.29, 0.717) is 11.8 Å². The highest BCUT2D eigenvalue weighted by molar-refractivity contribution is 7.79. The predicted octanol–water partition coefficient (Wildman–Crippen LogP) is 2.52. The van der Waals surface area contributed by atoms with Crippen molar-refractivity contribution in [2.75, 3.05) is 20.2 Å². The van der Waals surface area contributed by atoms with E-state index in [1.54, 1.807) is 13.3 Å². The molecule has 29 heavy (non-hydrogen) atoms. The Bertz CT molecular complexity index is 972. The van der Waals surface area contributed by atoms with Crippen LogP contribution in [0.4, 0.5) is 0 Å². The fourth-order valence-electron chi connectivity index (χ4n) is 4.44. The molecule has 5 rings (SSSR count). The van der Waals surface area contributed by atoms with Crippen molar-refractivity contribution in [3.8, 4) is 5.75 Å². The van der Waals surface area contributed by atoms with Crippen LogP contribution in [0.1, 0.15) is 24.5 Å². The summed E-state index contributed by atoms with van der Waals surface area (Å²) in [5, 5.41) is 12.1. The Morgan fingerprint density at radius 1 is 1.34 bits per heavy atom. The van der Waals surface area contributed by atoms with Crippen molar-refractivity contribution >= 4 is 21.3 Å². The van der Waals surface area contributed by atoms with E-state index in [2.05, 4.69) is 22.5 Å². The van der Waals surface area contributed by atoms with E-state index in [9.17, 15) is 5.11 Å². The number of methoxy groups -OCH3 is 1. The molecule has 4 heterocycles. The maximum Gasteiger partial charge on any atom is 0.394 e. The van der Waals surface area contributed by atoms with Crippen molar-refractivity contribution in [1.82, 2.24) is 9.88 Å². The lowest BCUT2D eigenvalue weighted by Gasteiger charge is -2.50. The first kappa shape index (κ1) is 21.7. The van der Waals surface area contributed by atoms with Gasteiger partial charge in [-0.15, -0.1) is 6.58 Å². The Hall–Kier alpha value is -2.04. The van der Waals surface area contributed by atoms with Gasteiger partial charge in [0.2, 0.25) is 0 Å². The van der Waals surface area contributed by atoms with E-state index >= 15 is 0 Å². The van der Waals surface area contributed by atoms with Crippen molar-refractivity contribution in [1.29, 1.82) is 0 Å². The standard InChI is InChI=1S/C20H24N2O2.H2O4S/c1-3-13-12-22-9-7-14(13)10-19(22)20(23)16-6-8-21-18-5-4-15(24-2)11-17(16)18;1-5(2,3)4/h3-6,8,11,13-14,19-20,23H,1,7,9-10,12H2,2H3;(H2,1,2,3,4)/t13-,14+,19+,20+;/m0./s1. The van der Waals surface area contributed by atoms with E-state index in [1.807, 2.05) is 24.3 Å². The molecule has 3 aliphatic rings. The molecule has 158 valence electrons.